The van der Waals surface area contributed by atoms with Crippen molar-refractivity contribution in [1.82, 2.24) is 19.2 Å². The number of pyridine rings is 1. The van der Waals surface area contributed by atoms with Crippen LogP contribution < -0.4 is 0 Å². The van der Waals surface area contributed by atoms with E-state index in [1.54, 1.807) is 53.5 Å². The van der Waals surface area contributed by atoms with E-state index in [-0.39, 0.29) is 11.6 Å². The van der Waals surface area contributed by atoms with Gasteiger partial charge >= 0.3 is 0 Å². The maximum Gasteiger partial charge on any atom is 0.137 e. The van der Waals surface area contributed by atoms with Gasteiger partial charge in [0.2, 0.25) is 0 Å². The Morgan fingerprint density at radius 2 is 1.64 bits per heavy atom. The van der Waals surface area contributed by atoms with Gasteiger partial charge in [0, 0.05) is 23.5 Å². The molecule has 0 aliphatic rings. The summed E-state index contributed by atoms with van der Waals surface area (Å²) in [5.41, 5.74) is 4.29. The summed E-state index contributed by atoms with van der Waals surface area (Å²) in [6, 6.07) is 18.4. The standard InChI is InChI=1S/C22H14F2N4/c23-16-7-5-15(6-8-16)21-13-25-22-10-9-17(14-27(21)22)28-12-11-20(26-28)18-3-1-2-4-19(18)24/h1-14H. The first-order valence-electron chi connectivity index (χ1n) is 8.73. The predicted molar refractivity (Wildman–Crippen MR) is 103 cm³/mol. The molecule has 0 bridgehead atoms. The van der Waals surface area contributed by atoms with E-state index in [4.69, 9.17) is 0 Å². The lowest BCUT2D eigenvalue weighted by Gasteiger charge is -2.06. The van der Waals surface area contributed by atoms with Crippen molar-refractivity contribution < 1.29 is 8.78 Å². The van der Waals surface area contributed by atoms with Gasteiger partial charge in [0.25, 0.3) is 0 Å². The average molecular weight is 372 g/mol. The highest BCUT2D eigenvalue weighted by Gasteiger charge is 2.11. The first kappa shape index (κ1) is 16.4. The Morgan fingerprint density at radius 3 is 2.46 bits per heavy atom. The molecule has 0 aliphatic carbocycles. The Hall–Kier alpha value is -3.80. The summed E-state index contributed by atoms with van der Waals surface area (Å²) < 4.78 is 30.9. The van der Waals surface area contributed by atoms with Crippen LogP contribution in [0.4, 0.5) is 8.78 Å². The van der Waals surface area contributed by atoms with Crippen molar-refractivity contribution >= 4 is 5.65 Å². The molecular formula is C22H14F2N4. The van der Waals surface area contributed by atoms with Crippen molar-refractivity contribution in [3.05, 3.63) is 97.0 Å². The van der Waals surface area contributed by atoms with Crippen LogP contribution in [0.5, 0.6) is 0 Å². The van der Waals surface area contributed by atoms with Crippen LogP contribution in [0.2, 0.25) is 0 Å². The Bertz CT molecular complexity index is 1290. The minimum atomic E-state index is -0.309. The van der Waals surface area contributed by atoms with Gasteiger partial charge in [-0.1, -0.05) is 12.1 Å². The third kappa shape index (κ3) is 2.75. The predicted octanol–water partition coefficient (Wildman–Crippen LogP) is 5.13. The van der Waals surface area contributed by atoms with E-state index in [0.29, 0.717) is 11.3 Å². The lowest BCUT2D eigenvalue weighted by Crippen LogP contribution is -1.98. The highest BCUT2D eigenvalue weighted by molar-refractivity contribution is 5.65. The molecule has 0 amide bonds. The Kier molecular flexibility index (Phi) is 3.76. The summed E-state index contributed by atoms with van der Waals surface area (Å²) in [5, 5.41) is 4.51. The largest absolute Gasteiger partial charge is 0.298 e. The van der Waals surface area contributed by atoms with E-state index in [1.807, 2.05) is 22.7 Å². The average Bonchev–Trinajstić information content (AvgIpc) is 3.36. The summed E-state index contributed by atoms with van der Waals surface area (Å²) in [6.45, 7) is 0. The Balaban J connectivity index is 1.58. The van der Waals surface area contributed by atoms with Crippen LogP contribution in [0, 0.1) is 11.6 Å². The minimum absolute atomic E-state index is 0.282. The van der Waals surface area contributed by atoms with Crippen LogP contribution >= 0.6 is 0 Å². The SMILES string of the molecule is Fc1ccc(-c2cnc3ccc(-n4ccc(-c5ccccc5F)n4)cn23)cc1. The second kappa shape index (κ2) is 6.42. The molecular weight excluding hydrogens is 358 g/mol. The summed E-state index contributed by atoms with van der Waals surface area (Å²) in [4.78, 5) is 4.41. The molecule has 5 aromatic rings. The monoisotopic (exact) mass is 372 g/mol. The van der Waals surface area contributed by atoms with Crippen molar-refractivity contribution in [1.29, 1.82) is 0 Å². The maximum absolute atomic E-state index is 14.0. The molecule has 5 rings (SSSR count). The molecule has 3 heterocycles. The summed E-state index contributed by atoms with van der Waals surface area (Å²) in [7, 11) is 0. The number of benzene rings is 2. The van der Waals surface area contributed by atoms with Gasteiger partial charge < -0.3 is 0 Å². The third-order valence-electron chi connectivity index (χ3n) is 4.63. The molecule has 0 radical (unpaired) electrons. The van der Waals surface area contributed by atoms with Gasteiger partial charge in [-0.15, -0.1) is 0 Å². The van der Waals surface area contributed by atoms with E-state index >= 15 is 0 Å². The number of nitrogens with zero attached hydrogens (tertiary/aromatic N) is 4. The molecule has 28 heavy (non-hydrogen) atoms. The summed E-state index contributed by atoms with van der Waals surface area (Å²) >= 11 is 0. The molecule has 136 valence electrons. The zero-order chi connectivity index (χ0) is 19.1. The van der Waals surface area contributed by atoms with Crippen molar-refractivity contribution in [3.8, 4) is 28.2 Å². The second-order valence-corrected chi connectivity index (χ2v) is 6.39. The summed E-state index contributed by atoms with van der Waals surface area (Å²) in [6.07, 6.45) is 5.44. The van der Waals surface area contributed by atoms with Gasteiger partial charge in [0.15, 0.2) is 0 Å². The number of imidazole rings is 1. The van der Waals surface area contributed by atoms with E-state index in [9.17, 15) is 8.78 Å². The number of hydrogen-bond acceptors (Lipinski definition) is 2. The molecule has 0 saturated carbocycles. The normalized spacial score (nSPS) is 11.2. The minimum Gasteiger partial charge on any atom is -0.298 e. The second-order valence-electron chi connectivity index (χ2n) is 6.39. The Labute approximate surface area is 159 Å². The van der Waals surface area contributed by atoms with Crippen LogP contribution in [0.15, 0.2) is 85.3 Å². The fraction of sp³-hybridized carbons (Fsp3) is 0. The number of rotatable bonds is 3. The first-order chi connectivity index (χ1) is 13.7. The van der Waals surface area contributed by atoms with Crippen LogP contribution in [0.25, 0.3) is 33.8 Å². The van der Waals surface area contributed by atoms with Crippen molar-refractivity contribution in [2.45, 2.75) is 0 Å². The third-order valence-corrected chi connectivity index (χ3v) is 4.63. The molecule has 0 fully saturated rings. The van der Waals surface area contributed by atoms with Gasteiger partial charge in [-0.05, 0) is 54.6 Å². The lowest BCUT2D eigenvalue weighted by molar-refractivity contribution is 0.628. The van der Waals surface area contributed by atoms with Crippen LogP contribution in [0.3, 0.4) is 0 Å². The van der Waals surface area contributed by atoms with Crippen molar-refractivity contribution in [2.24, 2.45) is 0 Å². The fourth-order valence-corrected chi connectivity index (χ4v) is 3.22. The van der Waals surface area contributed by atoms with Gasteiger partial charge in [-0.25, -0.2) is 18.4 Å². The molecule has 4 nitrogen and oxygen atoms in total. The highest BCUT2D eigenvalue weighted by atomic mass is 19.1. The smallest absolute Gasteiger partial charge is 0.137 e. The van der Waals surface area contributed by atoms with E-state index in [2.05, 4.69) is 10.1 Å². The van der Waals surface area contributed by atoms with Crippen molar-refractivity contribution in [3.63, 3.8) is 0 Å². The topological polar surface area (TPSA) is 35.1 Å². The van der Waals surface area contributed by atoms with Gasteiger partial charge in [0.05, 0.1) is 23.3 Å². The molecule has 0 N–H and O–H groups in total. The number of halogens is 2. The van der Waals surface area contributed by atoms with Crippen LogP contribution in [-0.4, -0.2) is 19.2 Å². The van der Waals surface area contributed by atoms with E-state index in [1.165, 1.54) is 18.2 Å². The zero-order valence-electron chi connectivity index (χ0n) is 14.6. The quantitative estimate of drug-likeness (QED) is 0.440. The first-order valence-corrected chi connectivity index (χ1v) is 8.73. The van der Waals surface area contributed by atoms with Gasteiger partial charge in [-0.3, -0.25) is 4.40 Å². The molecule has 3 aromatic heterocycles. The number of hydrogen-bond donors (Lipinski definition) is 0. The van der Waals surface area contributed by atoms with E-state index in [0.717, 1.165) is 22.6 Å². The number of aromatic nitrogens is 4. The fourth-order valence-electron chi connectivity index (χ4n) is 3.22. The van der Waals surface area contributed by atoms with Gasteiger partial charge in [0.1, 0.15) is 17.3 Å². The van der Waals surface area contributed by atoms with E-state index < -0.39 is 0 Å². The number of fused-ring (bicyclic) bond motifs is 1. The molecule has 6 heteroatoms. The zero-order valence-corrected chi connectivity index (χ0v) is 14.6. The van der Waals surface area contributed by atoms with Crippen molar-refractivity contribution in [2.75, 3.05) is 0 Å². The molecule has 2 aromatic carbocycles. The lowest BCUT2D eigenvalue weighted by atomic mass is 10.1. The molecule has 0 unspecified atom stereocenters. The van der Waals surface area contributed by atoms with Crippen LogP contribution in [0.1, 0.15) is 0 Å². The Morgan fingerprint density at radius 1 is 0.821 bits per heavy atom. The maximum atomic E-state index is 14.0. The molecule has 0 saturated heterocycles. The van der Waals surface area contributed by atoms with Gasteiger partial charge in [-0.2, -0.15) is 5.10 Å². The molecule has 0 spiro atoms. The van der Waals surface area contributed by atoms with Crippen LogP contribution in [-0.2, 0) is 0 Å². The molecule has 0 atom stereocenters. The molecule has 0 aliphatic heterocycles. The highest BCUT2D eigenvalue weighted by Crippen LogP contribution is 2.24. The summed E-state index contributed by atoms with van der Waals surface area (Å²) in [5.74, 6) is -0.591.